The lowest BCUT2D eigenvalue weighted by Gasteiger charge is -2.12. The highest BCUT2D eigenvalue weighted by molar-refractivity contribution is 7.10. The van der Waals surface area contributed by atoms with Crippen molar-refractivity contribution in [3.05, 3.63) is 52.2 Å². The first-order valence-corrected chi connectivity index (χ1v) is 6.24. The highest BCUT2D eigenvalue weighted by Gasteiger charge is 2.11. The van der Waals surface area contributed by atoms with Crippen molar-refractivity contribution in [1.29, 1.82) is 0 Å². The second-order valence-corrected chi connectivity index (χ2v) is 4.81. The minimum atomic E-state index is -0.0779. The van der Waals surface area contributed by atoms with Gasteiger partial charge in [-0.05, 0) is 42.6 Å². The third-order valence-electron chi connectivity index (χ3n) is 2.49. The molecule has 0 radical (unpaired) electrons. The predicted molar refractivity (Wildman–Crippen MR) is 71.1 cm³/mol. The lowest BCUT2D eigenvalue weighted by molar-refractivity contribution is 0.0940. The zero-order valence-electron chi connectivity index (χ0n) is 9.51. The molecular formula is C13H14N2OS. The summed E-state index contributed by atoms with van der Waals surface area (Å²) in [5.41, 5.74) is 6.86. The lowest BCUT2D eigenvalue weighted by atomic mass is 10.2. The molecule has 0 saturated carbocycles. The molecular weight excluding hydrogens is 232 g/mol. The van der Waals surface area contributed by atoms with Gasteiger partial charge < -0.3 is 11.1 Å². The average molecular weight is 246 g/mol. The molecule has 1 aromatic carbocycles. The van der Waals surface area contributed by atoms with Gasteiger partial charge in [-0.25, -0.2) is 0 Å². The molecule has 1 atom stereocenters. The van der Waals surface area contributed by atoms with Gasteiger partial charge in [-0.3, -0.25) is 4.79 Å². The lowest BCUT2D eigenvalue weighted by Crippen LogP contribution is -2.26. The van der Waals surface area contributed by atoms with E-state index in [1.54, 1.807) is 35.6 Å². The molecule has 0 bridgehead atoms. The van der Waals surface area contributed by atoms with Crippen LogP contribution in [-0.4, -0.2) is 5.91 Å². The van der Waals surface area contributed by atoms with Crippen LogP contribution < -0.4 is 11.1 Å². The molecule has 1 aromatic heterocycles. The van der Waals surface area contributed by atoms with E-state index in [1.165, 1.54) is 0 Å². The molecule has 88 valence electrons. The summed E-state index contributed by atoms with van der Waals surface area (Å²) in [7, 11) is 0. The van der Waals surface area contributed by atoms with Crippen LogP contribution in [0, 0.1) is 0 Å². The number of nitrogens with two attached hydrogens (primary N) is 1. The molecule has 3 N–H and O–H groups in total. The molecule has 0 unspecified atom stereocenters. The monoisotopic (exact) mass is 246 g/mol. The Hall–Kier alpha value is -1.81. The molecule has 0 saturated heterocycles. The molecule has 0 aliphatic rings. The van der Waals surface area contributed by atoms with Crippen molar-refractivity contribution in [3.8, 4) is 0 Å². The number of anilines is 1. The fourth-order valence-corrected chi connectivity index (χ4v) is 2.26. The first kappa shape index (κ1) is 11.7. The van der Waals surface area contributed by atoms with Gasteiger partial charge in [-0.2, -0.15) is 0 Å². The predicted octanol–water partition coefficient (Wildman–Crippen LogP) is 2.82. The van der Waals surface area contributed by atoms with Crippen molar-refractivity contribution in [2.75, 3.05) is 5.73 Å². The number of carbonyl (C=O) groups excluding carboxylic acids is 1. The van der Waals surface area contributed by atoms with Gasteiger partial charge in [0, 0.05) is 16.1 Å². The number of nitrogen functional groups attached to an aromatic ring is 1. The Kier molecular flexibility index (Phi) is 3.44. The fraction of sp³-hybridized carbons (Fsp3) is 0.154. The van der Waals surface area contributed by atoms with E-state index in [4.69, 9.17) is 5.73 Å². The average Bonchev–Trinajstić information content (AvgIpc) is 2.83. The Morgan fingerprint density at radius 1 is 1.29 bits per heavy atom. The summed E-state index contributed by atoms with van der Waals surface area (Å²) >= 11 is 1.64. The van der Waals surface area contributed by atoms with Gasteiger partial charge in [-0.15, -0.1) is 11.3 Å². The maximum atomic E-state index is 11.9. The molecule has 2 rings (SSSR count). The van der Waals surface area contributed by atoms with Gasteiger partial charge >= 0.3 is 0 Å². The quantitative estimate of drug-likeness (QED) is 0.818. The van der Waals surface area contributed by atoms with Crippen molar-refractivity contribution >= 4 is 22.9 Å². The van der Waals surface area contributed by atoms with Crippen LogP contribution >= 0.6 is 11.3 Å². The summed E-state index contributed by atoms with van der Waals surface area (Å²) in [6, 6.07) is 10.9. The van der Waals surface area contributed by atoms with E-state index >= 15 is 0 Å². The van der Waals surface area contributed by atoms with Gasteiger partial charge in [0.25, 0.3) is 5.91 Å². The summed E-state index contributed by atoms with van der Waals surface area (Å²) in [6.07, 6.45) is 0. The molecule has 17 heavy (non-hydrogen) atoms. The Balaban J connectivity index is 2.04. The van der Waals surface area contributed by atoms with Gasteiger partial charge in [0.2, 0.25) is 0 Å². The van der Waals surface area contributed by atoms with E-state index in [0.29, 0.717) is 11.3 Å². The SMILES string of the molecule is C[C@@H](NC(=O)c1ccc(N)cc1)c1cccs1. The zero-order chi connectivity index (χ0) is 12.3. The maximum Gasteiger partial charge on any atom is 0.251 e. The summed E-state index contributed by atoms with van der Waals surface area (Å²) in [5, 5.41) is 4.95. The Morgan fingerprint density at radius 2 is 2.00 bits per heavy atom. The summed E-state index contributed by atoms with van der Waals surface area (Å²) in [6.45, 7) is 1.97. The smallest absolute Gasteiger partial charge is 0.251 e. The van der Waals surface area contributed by atoms with Gasteiger partial charge in [0.15, 0.2) is 0 Å². The highest BCUT2D eigenvalue weighted by atomic mass is 32.1. The van der Waals surface area contributed by atoms with Gasteiger partial charge in [0.05, 0.1) is 6.04 Å². The van der Waals surface area contributed by atoms with Crippen LogP contribution in [0.3, 0.4) is 0 Å². The first-order chi connectivity index (χ1) is 8.16. The van der Waals surface area contributed by atoms with E-state index in [9.17, 15) is 4.79 Å². The third-order valence-corrected chi connectivity index (χ3v) is 3.55. The van der Waals surface area contributed by atoms with E-state index in [1.807, 2.05) is 24.4 Å². The number of nitrogens with one attached hydrogen (secondary N) is 1. The van der Waals surface area contributed by atoms with E-state index in [0.717, 1.165) is 4.88 Å². The zero-order valence-corrected chi connectivity index (χ0v) is 10.3. The van der Waals surface area contributed by atoms with Gasteiger partial charge in [-0.1, -0.05) is 6.07 Å². The summed E-state index contributed by atoms with van der Waals surface area (Å²) < 4.78 is 0. The number of carbonyl (C=O) groups is 1. The van der Waals surface area contributed by atoms with Crippen LogP contribution in [0.1, 0.15) is 28.2 Å². The van der Waals surface area contributed by atoms with Crippen molar-refractivity contribution in [1.82, 2.24) is 5.32 Å². The van der Waals surface area contributed by atoms with Crippen LogP contribution in [0.5, 0.6) is 0 Å². The van der Waals surface area contributed by atoms with Crippen LogP contribution in [-0.2, 0) is 0 Å². The highest BCUT2D eigenvalue weighted by Crippen LogP contribution is 2.18. The molecule has 1 amide bonds. The Morgan fingerprint density at radius 3 is 2.59 bits per heavy atom. The second-order valence-electron chi connectivity index (χ2n) is 3.83. The van der Waals surface area contributed by atoms with Crippen LogP contribution in [0.15, 0.2) is 41.8 Å². The molecule has 0 aliphatic heterocycles. The molecule has 0 spiro atoms. The number of amides is 1. The number of rotatable bonds is 3. The molecule has 1 heterocycles. The van der Waals surface area contributed by atoms with Gasteiger partial charge in [0.1, 0.15) is 0 Å². The Labute approximate surface area is 104 Å². The minimum absolute atomic E-state index is 0.0278. The number of thiophene rings is 1. The van der Waals surface area contributed by atoms with Crippen LogP contribution in [0.2, 0.25) is 0 Å². The molecule has 0 aliphatic carbocycles. The topological polar surface area (TPSA) is 55.1 Å². The van der Waals surface area contributed by atoms with Crippen molar-refractivity contribution < 1.29 is 4.79 Å². The normalized spacial score (nSPS) is 12.1. The number of benzene rings is 1. The second kappa shape index (κ2) is 5.01. The molecule has 2 aromatic rings. The first-order valence-electron chi connectivity index (χ1n) is 5.36. The summed E-state index contributed by atoms with van der Waals surface area (Å²) in [4.78, 5) is 13.1. The maximum absolute atomic E-state index is 11.9. The largest absolute Gasteiger partial charge is 0.399 e. The Bertz CT molecular complexity index is 491. The standard InChI is InChI=1S/C13H14N2OS/c1-9(12-3-2-8-17-12)15-13(16)10-4-6-11(14)7-5-10/h2-9H,14H2,1H3,(H,15,16)/t9-/m1/s1. The van der Waals surface area contributed by atoms with E-state index in [-0.39, 0.29) is 11.9 Å². The summed E-state index contributed by atoms with van der Waals surface area (Å²) in [5.74, 6) is -0.0779. The van der Waals surface area contributed by atoms with E-state index in [2.05, 4.69) is 5.32 Å². The third kappa shape index (κ3) is 2.85. The molecule has 3 nitrogen and oxygen atoms in total. The van der Waals surface area contributed by atoms with Crippen molar-refractivity contribution in [2.45, 2.75) is 13.0 Å². The van der Waals surface area contributed by atoms with E-state index < -0.39 is 0 Å². The number of hydrogen-bond acceptors (Lipinski definition) is 3. The fourth-order valence-electron chi connectivity index (χ4n) is 1.52. The van der Waals surface area contributed by atoms with Crippen molar-refractivity contribution in [3.63, 3.8) is 0 Å². The molecule has 4 heteroatoms. The molecule has 0 fully saturated rings. The van der Waals surface area contributed by atoms with Crippen LogP contribution in [0.25, 0.3) is 0 Å². The van der Waals surface area contributed by atoms with Crippen LogP contribution in [0.4, 0.5) is 5.69 Å². The number of hydrogen-bond donors (Lipinski definition) is 2. The minimum Gasteiger partial charge on any atom is -0.399 e. The van der Waals surface area contributed by atoms with Crippen molar-refractivity contribution in [2.24, 2.45) is 0 Å².